The van der Waals surface area contributed by atoms with E-state index in [2.05, 4.69) is 25.4 Å². The van der Waals surface area contributed by atoms with E-state index in [0.717, 1.165) is 70.4 Å². The fourth-order valence-corrected chi connectivity index (χ4v) is 4.60. The standard InChI is InChI=1S/C22H33N5O2/c28-21(25-11-10-24-19-4-1-9-23-15-19)18-3-2-12-27(16-18)20-7-13-26(14-8-20)22(29)17-5-6-17/h1,4,9,15,17-18,20,24H,2-3,5-8,10-14,16H2,(H,25,28)/t18-/m0/s1. The van der Waals surface area contributed by atoms with Gasteiger partial charge in [-0.3, -0.25) is 19.5 Å². The molecule has 7 heteroatoms. The van der Waals surface area contributed by atoms with Crippen LogP contribution in [0.3, 0.4) is 0 Å². The van der Waals surface area contributed by atoms with E-state index in [9.17, 15) is 9.59 Å². The van der Waals surface area contributed by atoms with Gasteiger partial charge in [-0.1, -0.05) is 0 Å². The number of amides is 2. The molecule has 1 aliphatic carbocycles. The van der Waals surface area contributed by atoms with Crippen molar-refractivity contribution in [3.05, 3.63) is 24.5 Å². The van der Waals surface area contributed by atoms with Crippen molar-refractivity contribution < 1.29 is 9.59 Å². The number of carbonyl (C=O) groups is 2. The smallest absolute Gasteiger partial charge is 0.225 e. The molecule has 2 saturated heterocycles. The molecule has 3 fully saturated rings. The van der Waals surface area contributed by atoms with E-state index in [1.165, 1.54) is 0 Å². The summed E-state index contributed by atoms with van der Waals surface area (Å²) in [6.45, 7) is 5.00. The van der Waals surface area contributed by atoms with E-state index in [4.69, 9.17) is 0 Å². The lowest BCUT2D eigenvalue weighted by Gasteiger charge is -2.42. The van der Waals surface area contributed by atoms with Crippen LogP contribution in [-0.4, -0.2) is 71.9 Å². The summed E-state index contributed by atoms with van der Waals surface area (Å²) in [6.07, 6.45) is 9.83. The van der Waals surface area contributed by atoms with Crippen molar-refractivity contribution in [2.24, 2.45) is 11.8 Å². The molecule has 0 unspecified atom stereocenters. The number of pyridine rings is 1. The van der Waals surface area contributed by atoms with Gasteiger partial charge in [-0.05, 0) is 57.2 Å². The van der Waals surface area contributed by atoms with Crippen LogP contribution in [0.15, 0.2) is 24.5 Å². The number of hydrogen-bond acceptors (Lipinski definition) is 5. The van der Waals surface area contributed by atoms with Gasteiger partial charge < -0.3 is 15.5 Å². The third-order valence-corrected chi connectivity index (χ3v) is 6.46. The first kappa shape index (κ1) is 20.1. The summed E-state index contributed by atoms with van der Waals surface area (Å²) in [7, 11) is 0. The van der Waals surface area contributed by atoms with Gasteiger partial charge in [0.2, 0.25) is 11.8 Å². The van der Waals surface area contributed by atoms with E-state index in [1.807, 2.05) is 12.1 Å². The SMILES string of the molecule is O=C(NCCNc1cccnc1)[C@H]1CCCN(C2CCN(C(=O)C3CC3)CC2)C1. The monoisotopic (exact) mass is 399 g/mol. The first-order valence-electron chi connectivity index (χ1n) is 11.1. The summed E-state index contributed by atoms with van der Waals surface area (Å²) in [6, 6.07) is 4.38. The molecular weight excluding hydrogens is 366 g/mol. The lowest BCUT2D eigenvalue weighted by Crippen LogP contribution is -2.51. The molecule has 0 spiro atoms. The molecule has 3 heterocycles. The lowest BCUT2D eigenvalue weighted by molar-refractivity contribution is -0.134. The van der Waals surface area contributed by atoms with Crippen LogP contribution >= 0.6 is 0 Å². The number of carbonyl (C=O) groups excluding carboxylic acids is 2. The summed E-state index contributed by atoms with van der Waals surface area (Å²) in [5.41, 5.74) is 0.970. The van der Waals surface area contributed by atoms with Crippen molar-refractivity contribution in [1.82, 2.24) is 20.1 Å². The molecule has 2 amide bonds. The van der Waals surface area contributed by atoms with Crippen molar-refractivity contribution in [2.75, 3.05) is 44.6 Å². The average Bonchev–Trinajstić information content (AvgIpc) is 3.62. The summed E-state index contributed by atoms with van der Waals surface area (Å²) in [5.74, 6) is 0.943. The molecule has 7 nitrogen and oxygen atoms in total. The number of piperidine rings is 2. The van der Waals surface area contributed by atoms with Gasteiger partial charge in [0, 0.05) is 57.1 Å². The molecule has 29 heavy (non-hydrogen) atoms. The summed E-state index contributed by atoms with van der Waals surface area (Å²) in [4.78, 5) is 33.5. The Bertz CT molecular complexity index is 686. The maximum Gasteiger partial charge on any atom is 0.225 e. The number of nitrogens with one attached hydrogen (secondary N) is 2. The Hall–Kier alpha value is -2.15. The number of aromatic nitrogens is 1. The van der Waals surface area contributed by atoms with Gasteiger partial charge in [-0.2, -0.15) is 0 Å². The molecule has 158 valence electrons. The second-order valence-corrected chi connectivity index (χ2v) is 8.62. The minimum atomic E-state index is 0.0771. The fraction of sp³-hybridized carbons (Fsp3) is 0.682. The van der Waals surface area contributed by atoms with Crippen molar-refractivity contribution >= 4 is 17.5 Å². The van der Waals surface area contributed by atoms with Crippen LogP contribution in [0.25, 0.3) is 0 Å². The number of rotatable bonds is 7. The van der Waals surface area contributed by atoms with E-state index in [0.29, 0.717) is 31.0 Å². The Morgan fingerprint density at radius 3 is 2.59 bits per heavy atom. The van der Waals surface area contributed by atoms with Crippen molar-refractivity contribution in [3.63, 3.8) is 0 Å². The number of nitrogens with zero attached hydrogens (tertiary/aromatic N) is 3. The van der Waals surface area contributed by atoms with Crippen molar-refractivity contribution in [1.29, 1.82) is 0 Å². The second-order valence-electron chi connectivity index (χ2n) is 8.62. The maximum absolute atomic E-state index is 12.6. The summed E-state index contributed by atoms with van der Waals surface area (Å²) < 4.78 is 0. The summed E-state index contributed by atoms with van der Waals surface area (Å²) >= 11 is 0. The topological polar surface area (TPSA) is 77.6 Å². The first-order valence-corrected chi connectivity index (χ1v) is 11.1. The van der Waals surface area contributed by atoms with E-state index in [-0.39, 0.29) is 11.8 Å². The Balaban J connectivity index is 1.17. The van der Waals surface area contributed by atoms with Crippen molar-refractivity contribution in [2.45, 2.75) is 44.6 Å². The Morgan fingerprint density at radius 1 is 1.03 bits per heavy atom. The van der Waals surface area contributed by atoms with Crippen LogP contribution in [0, 0.1) is 11.8 Å². The Morgan fingerprint density at radius 2 is 1.86 bits per heavy atom. The van der Waals surface area contributed by atoms with E-state index < -0.39 is 0 Å². The maximum atomic E-state index is 12.6. The van der Waals surface area contributed by atoms with Crippen LogP contribution < -0.4 is 10.6 Å². The predicted molar refractivity (Wildman–Crippen MR) is 112 cm³/mol. The van der Waals surface area contributed by atoms with Gasteiger partial charge >= 0.3 is 0 Å². The second kappa shape index (κ2) is 9.57. The third-order valence-electron chi connectivity index (χ3n) is 6.46. The number of hydrogen-bond donors (Lipinski definition) is 2. The van der Waals surface area contributed by atoms with Gasteiger partial charge in [0.05, 0.1) is 11.6 Å². The molecule has 1 aromatic heterocycles. The molecule has 0 radical (unpaired) electrons. The zero-order valence-electron chi connectivity index (χ0n) is 17.2. The molecular formula is C22H33N5O2. The minimum absolute atomic E-state index is 0.0771. The fourth-order valence-electron chi connectivity index (χ4n) is 4.60. The first-order chi connectivity index (χ1) is 14.2. The van der Waals surface area contributed by atoms with Gasteiger partial charge in [0.25, 0.3) is 0 Å². The highest BCUT2D eigenvalue weighted by Crippen LogP contribution is 2.32. The quantitative estimate of drug-likeness (QED) is 0.683. The highest BCUT2D eigenvalue weighted by Gasteiger charge is 2.37. The lowest BCUT2D eigenvalue weighted by atomic mass is 9.93. The minimum Gasteiger partial charge on any atom is -0.382 e. The van der Waals surface area contributed by atoms with E-state index in [1.54, 1.807) is 12.4 Å². The molecule has 0 aromatic carbocycles. The van der Waals surface area contributed by atoms with Gasteiger partial charge in [-0.25, -0.2) is 0 Å². The van der Waals surface area contributed by atoms with Crippen LogP contribution in [0.4, 0.5) is 5.69 Å². The van der Waals surface area contributed by atoms with Crippen LogP contribution in [0.1, 0.15) is 38.5 Å². The number of anilines is 1. The molecule has 1 aromatic rings. The van der Waals surface area contributed by atoms with Crippen molar-refractivity contribution in [3.8, 4) is 0 Å². The average molecular weight is 400 g/mol. The molecule has 2 N–H and O–H groups in total. The molecule has 2 aliphatic heterocycles. The van der Waals surface area contributed by atoms with Crippen LogP contribution in [0.2, 0.25) is 0 Å². The molecule has 4 rings (SSSR count). The van der Waals surface area contributed by atoms with Gasteiger partial charge in [-0.15, -0.1) is 0 Å². The van der Waals surface area contributed by atoms with Crippen LogP contribution in [0.5, 0.6) is 0 Å². The summed E-state index contributed by atoms with van der Waals surface area (Å²) in [5, 5.41) is 6.36. The zero-order chi connectivity index (χ0) is 20.1. The molecule has 0 bridgehead atoms. The molecule has 3 aliphatic rings. The highest BCUT2D eigenvalue weighted by atomic mass is 16.2. The van der Waals surface area contributed by atoms with E-state index >= 15 is 0 Å². The normalized spacial score (nSPS) is 23.6. The van der Waals surface area contributed by atoms with Gasteiger partial charge in [0.1, 0.15) is 0 Å². The molecule has 1 saturated carbocycles. The van der Waals surface area contributed by atoms with Gasteiger partial charge in [0.15, 0.2) is 0 Å². The van der Waals surface area contributed by atoms with Crippen LogP contribution in [-0.2, 0) is 9.59 Å². The highest BCUT2D eigenvalue weighted by molar-refractivity contribution is 5.81. The largest absolute Gasteiger partial charge is 0.382 e. The predicted octanol–water partition coefficient (Wildman–Crippen LogP) is 1.72. The zero-order valence-corrected chi connectivity index (χ0v) is 17.2. The third kappa shape index (κ3) is 5.47. The Labute approximate surface area is 173 Å². The Kier molecular flexibility index (Phi) is 6.64. The molecule has 1 atom stereocenters. The number of likely N-dealkylation sites (tertiary alicyclic amines) is 2.